The summed E-state index contributed by atoms with van der Waals surface area (Å²) in [6, 6.07) is 25.6. The number of aldehydes is 1. The minimum absolute atomic E-state index is 0.119. The lowest BCUT2D eigenvalue weighted by Gasteiger charge is -2.36. The Kier molecular flexibility index (Phi) is 25.3. The average Bonchev–Trinajstić information content (AvgIpc) is 3.27. The fourth-order valence-corrected chi connectivity index (χ4v) is 7.76. The molecule has 2 aliphatic heterocycles. The van der Waals surface area contributed by atoms with E-state index in [0.717, 1.165) is 62.1 Å². The molecule has 2 heterocycles. The van der Waals surface area contributed by atoms with Crippen LogP contribution in [0.2, 0.25) is 0 Å². The van der Waals surface area contributed by atoms with Crippen LogP contribution >= 0.6 is 0 Å². The summed E-state index contributed by atoms with van der Waals surface area (Å²) in [4.78, 5) is 38.5. The molecule has 9 nitrogen and oxygen atoms in total. The van der Waals surface area contributed by atoms with E-state index in [1.54, 1.807) is 29.5 Å². The molecular weight excluding hydrogens is 769 g/mol. The third-order valence-electron chi connectivity index (χ3n) is 11.0. The van der Waals surface area contributed by atoms with Gasteiger partial charge in [0.05, 0.1) is 6.07 Å². The molecule has 0 radical (unpaired) electrons. The second-order valence-corrected chi connectivity index (χ2v) is 15.6. The smallest absolute Gasteiger partial charge is 0.236 e. The second kappa shape index (κ2) is 29.7. The van der Waals surface area contributed by atoms with Gasteiger partial charge >= 0.3 is 0 Å². The number of nitriles is 1. The van der Waals surface area contributed by atoms with Gasteiger partial charge in [0.15, 0.2) is 0 Å². The molecule has 6 rings (SSSR count). The number of anilines is 1. The molecule has 1 saturated heterocycles. The van der Waals surface area contributed by atoms with Gasteiger partial charge in [-0.2, -0.15) is 5.26 Å². The first-order valence-electron chi connectivity index (χ1n) is 22.9. The third kappa shape index (κ3) is 17.1. The number of allylic oxidation sites excluding steroid dienone is 4. The van der Waals surface area contributed by atoms with Gasteiger partial charge < -0.3 is 31.0 Å². The van der Waals surface area contributed by atoms with Crippen LogP contribution in [-0.2, 0) is 20.8 Å². The summed E-state index contributed by atoms with van der Waals surface area (Å²) >= 11 is 0. The van der Waals surface area contributed by atoms with Crippen LogP contribution in [0.4, 0.5) is 5.69 Å². The molecular formula is C53H76N6O3. The quantitative estimate of drug-likeness (QED) is 0.0887. The SMILES string of the molecule is C=C/C=C(\C)N.CC.CC.CNCCCCCNC(=C1CCC1)c1ccc(-c2ccc3c(c2)CCCN3C(C)=O)cc1.Cc1cccc(C2CC(C=O)CN(C(=O)CC#N)C2)c1. The summed E-state index contributed by atoms with van der Waals surface area (Å²) in [5.41, 5.74) is 17.4. The molecule has 2 fully saturated rings. The van der Waals surface area contributed by atoms with Crippen molar-refractivity contribution in [3.05, 3.63) is 119 Å². The van der Waals surface area contributed by atoms with Crippen molar-refractivity contribution in [2.75, 3.05) is 44.7 Å². The fourth-order valence-electron chi connectivity index (χ4n) is 7.76. The Morgan fingerprint density at radius 1 is 0.903 bits per heavy atom. The van der Waals surface area contributed by atoms with Crippen molar-refractivity contribution in [1.82, 2.24) is 15.5 Å². The highest BCUT2D eigenvalue weighted by Gasteiger charge is 2.30. The van der Waals surface area contributed by atoms with E-state index < -0.39 is 0 Å². The summed E-state index contributed by atoms with van der Waals surface area (Å²) in [6.07, 6.45) is 14.5. The highest BCUT2D eigenvalue weighted by molar-refractivity contribution is 5.93. The van der Waals surface area contributed by atoms with E-state index >= 15 is 0 Å². The highest BCUT2D eigenvalue weighted by atomic mass is 16.2. The number of piperidine rings is 1. The minimum atomic E-state index is -0.184. The number of hydrogen-bond donors (Lipinski definition) is 3. The number of unbranched alkanes of at least 4 members (excludes halogenated alkanes) is 2. The van der Waals surface area contributed by atoms with E-state index in [-0.39, 0.29) is 30.1 Å². The number of nitrogens with zero attached hydrogens (tertiary/aromatic N) is 3. The van der Waals surface area contributed by atoms with E-state index in [4.69, 9.17) is 11.0 Å². The highest BCUT2D eigenvalue weighted by Crippen LogP contribution is 2.35. The number of likely N-dealkylation sites (tertiary alicyclic amines) is 1. The van der Waals surface area contributed by atoms with Crippen molar-refractivity contribution in [2.45, 2.75) is 119 Å². The van der Waals surface area contributed by atoms with Crippen LogP contribution in [0.5, 0.6) is 0 Å². The Balaban J connectivity index is 0.000000376. The summed E-state index contributed by atoms with van der Waals surface area (Å²) in [5, 5.41) is 15.6. The first kappa shape index (κ1) is 52.7. The zero-order chi connectivity index (χ0) is 45.9. The molecule has 2 atom stereocenters. The predicted molar refractivity (Wildman–Crippen MR) is 261 cm³/mol. The summed E-state index contributed by atoms with van der Waals surface area (Å²) in [7, 11) is 2.02. The van der Waals surface area contributed by atoms with Gasteiger partial charge in [-0.15, -0.1) is 0 Å². The number of aryl methyl sites for hydroxylation is 2. The molecule has 0 aromatic heterocycles. The maximum Gasteiger partial charge on any atom is 0.236 e. The monoisotopic (exact) mass is 845 g/mol. The molecule has 9 heteroatoms. The number of amides is 2. The number of carbonyl (C=O) groups is 3. The third-order valence-corrected chi connectivity index (χ3v) is 11.0. The molecule has 62 heavy (non-hydrogen) atoms. The van der Waals surface area contributed by atoms with E-state index in [2.05, 4.69) is 65.7 Å². The van der Waals surface area contributed by atoms with Gasteiger partial charge in [-0.1, -0.05) is 107 Å². The zero-order valence-corrected chi connectivity index (χ0v) is 39.2. The molecule has 2 amide bonds. The van der Waals surface area contributed by atoms with Crippen molar-refractivity contribution in [2.24, 2.45) is 11.7 Å². The lowest BCUT2D eigenvalue weighted by Crippen LogP contribution is -2.43. The number of nitrogens with two attached hydrogens (primary N) is 1. The molecule has 3 aliphatic rings. The van der Waals surface area contributed by atoms with E-state index in [1.165, 1.54) is 72.0 Å². The van der Waals surface area contributed by atoms with Crippen molar-refractivity contribution in [3.63, 3.8) is 0 Å². The molecule has 0 bridgehead atoms. The Bertz CT molecular complexity index is 1930. The molecule has 3 aromatic rings. The standard InChI is InChI=1S/C28H37N3O.C16H18N2O2.C5H9N.2C2H6/c1-21(32)31-19-7-10-26-20-25(15-16-27(26)31)22-11-13-24(14-12-22)28(23-8-6-9-23)30-18-5-3-4-17-29-2;1-12-3-2-4-14(7-12)15-8-13(11-19)9-18(10-15)16(20)5-6-17;1-3-4-5(2)6;2*1-2/h11-16,20,29-30H,3-10,17-19H2,1-2H3;2-4,7,11,13,15H,5,8-10H2,1H3;3-4H,1,6H2,2H3;2*1-2H3/b;;5-4+;;. The van der Waals surface area contributed by atoms with Crippen LogP contribution in [0.15, 0.2) is 96.7 Å². The van der Waals surface area contributed by atoms with Gasteiger partial charge in [-0.05, 0) is 130 Å². The first-order chi connectivity index (χ1) is 30.1. The average molecular weight is 845 g/mol. The van der Waals surface area contributed by atoms with Crippen LogP contribution in [0.3, 0.4) is 0 Å². The van der Waals surface area contributed by atoms with Gasteiger partial charge in [0, 0.05) is 62.0 Å². The maximum atomic E-state index is 12.0. The first-order valence-corrected chi connectivity index (χ1v) is 22.9. The maximum absolute atomic E-state index is 12.0. The number of nitrogens with one attached hydrogen (secondary N) is 2. The number of fused-ring (bicyclic) bond motifs is 1. The second-order valence-electron chi connectivity index (χ2n) is 15.6. The molecule has 336 valence electrons. The van der Waals surface area contributed by atoms with Crippen LogP contribution in [-0.4, -0.2) is 62.8 Å². The molecule has 4 N–H and O–H groups in total. The van der Waals surface area contributed by atoms with E-state index in [1.807, 2.05) is 77.8 Å². The Labute approximate surface area is 374 Å². The number of rotatable bonds is 13. The van der Waals surface area contributed by atoms with Gasteiger partial charge in [0.25, 0.3) is 0 Å². The predicted octanol–water partition coefficient (Wildman–Crippen LogP) is 10.7. The van der Waals surface area contributed by atoms with Crippen molar-refractivity contribution in [3.8, 4) is 17.2 Å². The van der Waals surface area contributed by atoms with Gasteiger partial charge in [0.1, 0.15) is 12.7 Å². The van der Waals surface area contributed by atoms with Crippen molar-refractivity contribution >= 4 is 29.5 Å². The van der Waals surface area contributed by atoms with Crippen molar-refractivity contribution < 1.29 is 14.4 Å². The molecule has 1 saturated carbocycles. The fraction of sp³-hybridized carbons (Fsp3) is 0.472. The molecule has 0 spiro atoms. The van der Waals surface area contributed by atoms with Crippen LogP contribution in [0, 0.1) is 24.2 Å². The van der Waals surface area contributed by atoms with Gasteiger partial charge in [-0.3, -0.25) is 9.59 Å². The van der Waals surface area contributed by atoms with E-state index in [0.29, 0.717) is 13.1 Å². The largest absolute Gasteiger partial charge is 0.402 e. The summed E-state index contributed by atoms with van der Waals surface area (Å²) < 4.78 is 0. The molecule has 3 aromatic carbocycles. The Hall–Kier alpha value is -5.46. The van der Waals surface area contributed by atoms with Crippen LogP contribution in [0.1, 0.15) is 128 Å². The normalized spacial score (nSPS) is 16.2. The number of carbonyl (C=O) groups excluding carboxylic acids is 3. The van der Waals surface area contributed by atoms with Gasteiger partial charge in [-0.25, -0.2) is 0 Å². The zero-order valence-electron chi connectivity index (χ0n) is 39.2. The van der Waals surface area contributed by atoms with E-state index in [9.17, 15) is 14.4 Å². The lowest BCUT2D eigenvalue weighted by molar-refractivity contribution is -0.133. The topological polar surface area (TPSA) is 132 Å². The summed E-state index contributed by atoms with van der Waals surface area (Å²) in [6.45, 7) is 21.0. The molecule has 1 aliphatic carbocycles. The lowest BCUT2D eigenvalue weighted by atomic mass is 9.84. The Morgan fingerprint density at radius 3 is 2.16 bits per heavy atom. The minimum Gasteiger partial charge on any atom is -0.402 e. The number of benzene rings is 3. The van der Waals surface area contributed by atoms with Crippen molar-refractivity contribution in [1.29, 1.82) is 5.26 Å². The van der Waals surface area contributed by atoms with Crippen LogP contribution in [0.25, 0.3) is 16.8 Å². The number of hydrogen-bond acceptors (Lipinski definition) is 7. The van der Waals surface area contributed by atoms with Crippen LogP contribution < -0.4 is 21.3 Å². The van der Waals surface area contributed by atoms with Gasteiger partial charge in [0.2, 0.25) is 11.8 Å². The summed E-state index contributed by atoms with van der Waals surface area (Å²) in [5.74, 6) is -0.0238. The molecule has 2 unspecified atom stereocenters. The Morgan fingerprint density at radius 2 is 1.60 bits per heavy atom.